The van der Waals surface area contributed by atoms with Gasteiger partial charge < -0.3 is 15.7 Å². The van der Waals surface area contributed by atoms with Gasteiger partial charge in [0.05, 0.1) is 0 Å². The highest BCUT2D eigenvalue weighted by Crippen LogP contribution is 2.23. The Kier molecular flexibility index (Phi) is 5.14. The van der Waals surface area contributed by atoms with E-state index in [9.17, 15) is 9.59 Å². The number of carbonyl (C=O) groups is 2. The van der Waals surface area contributed by atoms with Crippen molar-refractivity contribution in [2.24, 2.45) is 11.7 Å². The second kappa shape index (κ2) is 6.18. The van der Waals surface area contributed by atoms with Crippen LogP contribution in [0.2, 0.25) is 0 Å². The summed E-state index contributed by atoms with van der Waals surface area (Å²) in [6, 6.07) is 0. The molecule has 3 N–H and O–H groups in total. The van der Waals surface area contributed by atoms with E-state index in [2.05, 4.69) is 6.92 Å². The second-order valence-electron chi connectivity index (χ2n) is 5.22. The molecule has 2 atom stereocenters. The van der Waals surface area contributed by atoms with Crippen molar-refractivity contribution in [3.05, 3.63) is 0 Å². The van der Waals surface area contributed by atoms with E-state index in [0.717, 1.165) is 25.7 Å². The van der Waals surface area contributed by atoms with Crippen LogP contribution in [0.15, 0.2) is 0 Å². The van der Waals surface area contributed by atoms with Crippen molar-refractivity contribution in [3.63, 3.8) is 0 Å². The first-order valence-corrected chi connectivity index (χ1v) is 6.75. The topological polar surface area (TPSA) is 83.6 Å². The molecule has 5 heteroatoms. The molecule has 1 fully saturated rings. The molecule has 0 bridgehead atoms. The number of aliphatic carboxylic acids is 1. The lowest BCUT2D eigenvalue weighted by Crippen LogP contribution is -2.51. The lowest BCUT2D eigenvalue weighted by molar-refractivity contribution is -0.143. The minimum Gasteiger partial charge on any atom is -0.480 e. The van der Waals surface area contributed by atoms with Crippen molar-refractivity contribution < 1.29 is 14.7 Å². The van der Waals surface area contributed by atoms with E-state index < -0.39 is 11.5 Å². The molecule has 1 saturated heterocycles. The average molecular weight is 256 g/mol. The summed E-state index contributed by atoms with van der Waals surface area (Å²) in [5.74, 6) is -0.931. The molecule has 0 aromatic heterocycles. The van der Waals surface area contributed by atoms with E-state index in [1.54, 1.807) is 4.90 Å². The number of amides is 1. The molecule has 1 aliphatic rings. The number of hydrogen-bond acceptors (Lipinski definition) is 3. The number of nitrogens with zero attached hydrogens (tertiary/aromatic N) is 1. The van der Waals surface area contributed by atoms with Gasteiger partial charge in [0.1, 0.15) is 5.54 Å². The Morgan fingerprint density at radius 1 is 1.44 bits per heavy atom. The smallest absolute Gasteiger partial charge is 0.325 e. The highest BCUT2D eigenvalue weighted by atomic mass is 16.4. The minimum absolute atomic E-state index is 0.0149. The third kappa shape index (κ3) is 3.22. The van der Waals surface area contributed by atoms with Crippen LogP contribution in [-0.2, 0) is 9.59 Å². The molecule has 0 aromatic rings. The molecule has 0 spiro atoms. The fourth-order valence-corrected chi connectivity index (χ4v) is 2.41. The number of nitrogens with two attached hydrogens (primary N) is 1. The summed E-state index contributed by atoms with van der Waals surface area (Å²) in [5.41, 5.74) is 4.53. The summed E-state index contributed by atoms with van der Waals surface area (Å²) in [6.45, 7) is 4.71. The molecule has 0 saturated carbocycles. The van der Waals surface area contributed by atoms with Gasteiger partial charge in [-0.05, 0) is 19.3 Å². The highest BCUT2D eigenvalue weighted by Gasteiger charge is 2.43. The number of hydrogen-bond donors (Lipinski definition) is 2. The largest absolute Gasteiger partial charge is 0.480 e. The maximum atomic E-state index is 12.3. The fourth-order valence-electron chi connectivity index (χ4n) is 2.41. The first kappa shape index (κ1) is 15.0. The van der Waals surface area contributed by atoms with Crippen molar-refractivity contribution in [2.45, 2.75) is 51.5 Å². The molecule has 18 heavy (non-hydrogen) atoms. The Morgan fingerprint density at radius 3 is 2.56 bits per heavy atom. The summed E-state index contributed by atoms with van der Waals surface area (Å²) in [4.78, 5) is 24.9. The predicted molar refractivity (Wildman–Crippen MR) is 69.1 cm³/mol. The number of unbranched alkanes of at least 4 members (excludes halogenated alkanes) is 1. The number of carboxylic acids is 1. The lowest BCUT2D eigenvalue weighted by Gasteiger charge is -2.24. The zero-order valence-corrected chi connectivity index (χ0v) is 11.3. The maximum Gasteiger partial charge on any atom is 0.325 e. The molecule has 5 nitrogen and oxygen atoms in total. The molecule has 2 unspecified atom stereocenters. The van der Waals surface area contributed by atoms with Crippen molar-refractivity contribution in [1.82, 2.24) is 4.90 Å². The standard InChI is InChI=1S/C13H24N2O3/c1-3-5-6-10(4-2)11(16)15-8-7-13(14,9-15)12(17)18/h10H,3-9,14H2,1-2H3,(H,17,18). The molecule has 1 rings (SSSR count). The van der Waals surface area contributed by atoms with E-state index in [0.29, 0.717) is 13.0 Å². The summed E-state index contributed by atoms with van der Waals surface area (Å²) in [7, 11) is 0. The molecule has 0 aliphatic carbocycles. The van der Waals surface area contributed by atoms with Crippen LogP contribution in [0.1, 0.15) is 46.0 Å². The van der Waals surface area contributed by atoms with E-state index in [4.69, 9.17) is 10.8 Å². The van der Waals surface area contributed by atoms with Crippen LogP contribution in [0.3, 0.4) is 0 Å². The van der Waals surface area contributed by atoms with Crippen molar-refractivity contribution in [1.29, 1.82) is 0 Å². The first-order chi connectivity index (χ1) is 8.44. The second-order valence-corrected chi connectivity index (χ2v) is 5.22. The summed E-state index contributed by atoms with van der Waals surface area (Å²) < 4.78 is 0. The monoisotopic (exact) mass is 256 g/mol. The minimum atomic E-state index is -1.25. The summed E-state index contributed by atoms with van der Waals surface area (Å²) in [5, 5.41) is 9.05. The Hall–Kier alpha value is -1.10. The lowest BCUT2D eigenvalue weighted by atomic mass is 9.97. The van der Waals surface area contributed by atoms with Crippen molar-refractivity contribution in [3.8, 4) is 0 Å². The van der Waals surface area contributed by atoms with Gasteiger partial charge in [-0.25, -0.2) is 0 Å². The maximum absolute atomic E-state index is 12.3. The summed E-state index contributed by atoms with van der Waals surface area (Å²) >= 11 is 0. The number of rotatable bonds is 6. The Balaban J connectivity index is 2.60. The number of carbonyl (C=O) groups excluding carboxylic acids is 1. The summed E-state index contributed by atoms with van der Waals surface area (Å²) in [6.07, 6.45) is 4.13. The van der Waals surface area contributed by atoms with Gasteiger partial charge >= 0.3 is 5.97 Å². The highest BCUT2D eigenvalue weighted by molar-refractivity contribution is 5.84. The molecule has 1 heterocycles. The molecule has 104 valence electrons. The van der Waals surface area contributed by atoms with Crippen molar-refractivity contribution >= 4 is 11.9 Å². The molecule has 0 radical (unpaired) electrons. The molecular formula is C13H24N2O3. The molecule has 0 aromatic carbocycles. The first-order valence-electron chi connectivity index (χ1n) is 6.75. The van der Waals surface area contributed by atoms with Gasteiger partial charge in [0.15, 0.2) is 0 Å². The van der Waals surface area contributed by atoms with Crippen LogP contribution in [0, 0.1) is 5.92 Å². The Labute approximate surface area is 108 Å². The zero-order valence-electron chi connectivity index (χ0n) is 11.3. The Bertz CT molecular complexity index is 319. The van der Waals surface area contributed by atoms with E-state index in [-0.39, 0.29) is 18.4 Å². The normalized spacial score (nSPS) is 25.2. The molecule has 1 aliphatic heterocycles. The molecule has 1 amide bonds. The average Bonchev–Trinajstić information content (AvgIpc) is 2.74. The van der Waals surface area contributed by atoms with Gasteiger partial charge in [-0.15, -0.1) is 0 Å². The fraction of sp³-hybridized carbons (Fsp3) is 0.846. The van der Waals surface area contributed by atoms with E-state index in [1.165, 1.54) is 0 Å². The van der Waals surface area contributed by atoms with Gasteiger partial charge in [0, 0.05) is 19.0 Å². The van der Waals surface area contributed by atoms with Crippen LogP contribution >= 0.6 is 0 Å². The third-order valence-corrected chi connectivity index (χ3v) is 3.79. The number of carboxylic acid groups (broad SMARTS) is 1. The SMILES string of the molecule is CCCCC(CC)C(=O)N1CCC(N)(C(=O)O)C1. The van der Waals surface area contributed by atoms with Gasteiger partial charge in [0.25, 0.3) is 0 Å². The van der Waals surface area contributed by atoms with Crippen LogP contribution < -0.4 is 5.73 Å². The quantitative estimate of drug-likeness (QED) is 0.748. The van der Waals surface area contributed by atoms with Crippen molar-refractivity contribution in [2.75, 3.05) is 13.1 Å². The van der Waals surface area contributed by atoms with Crippen LogP contribution in [-0.4, -0.2) is 40.5 Å². The van der Waals surface area contributed by atoms with Gasteiger partial charge in [0.2, 0.25) is 5.91 Å². The third-order valence-electron chi connectivity index (χ3n) is 3.79. The predicted octanol–water partition coefficient (Wildman–Crippen LogP) is 1.22. The van der Waals surface area contributed by atoms with Crippen LogP contribution in [0.25, 0.3) is 0 Å². The van der Waals surface area contributed by atoms with Gasteiger partial charge in [-0.2, -0.15) is 0 Å². The van der Waals surface area contributed by atoms with E-state index in [1.807, 2.05) is 6.92 Å². The zero-order chi connectivity index (χ0) is 13.8. The number of likely N-dealkylation sites (tertiary alicyclic amines) is 1. The Morgan fingerprint density at radius 2 is 2.11 bits per heavy atom. The van der Waals surface area contributed by atoms with Crippen LogP contribution in [0.4, 0.5) is 0 Å². The van der Waals surface area contributed by atoms with Gasteiger partial charge in [-0.1, -0.05) is 26.7 Å². The van der Waals surface area contributed by atoms with Crippen LogP contribution in [0.5, 0.6) is 0 Å². The van der Waals surface area contributed by atoms with Gasteiger partial charge in [-0.3, -0.25) is 9.59 Å². The van der Waals surface area contributed by atoms with E-state index >= 15 is 0 Å². The molecular weight excluding hydrogens is 232 g/mol.